The molecule has 1 aromatic heterocycles. The smallest absolute Gasteiger partial charge is 0.261 e. The van der Waals surface area contributed by atoms with E-state index >= 15 is 0 Å². The van der Waals surface area contributed by atoms with Crippen LogP contribution in [0.2, 0.25) is 0 Å². The maximum atomic E-state index is 13.0. The molecule has 1 aromatic carbocycles. The summed E-state index contributed by atoms with van der Waals surface area (Å²) >= 11 is 0. The normalized spacial score (nSPS) is 20.0. The van der Waals surface area contributed by atoms with Gasteiger partial charge in [-0.25, -0.2) is 0 Å². The first-order valence-corrected chi connectivity index (χ1v) is 10.4. The number of aromatic amines is 1. The molecular formula is C23H29N3O2. The SMILES string of the molecule is CCC1CCc2[nH]c(=O)c(C(=O)N3CCN(Cc4ccccc4)CC3)cc2C1. The van der Waals surface area contributed by atoms with Crippen molar-refractivity contribution < 1.29 is 4.79 Å². The second-order valence-corrected chi connectivity index (χ2v) is 8.09. The summed E-state index contributed by atoms with van der Waals surface area (Å²) in [6, 6.07) is 12.3. The third kappa shape index (κ3) is 4.04. The Kier molecular flexibility index (Phi) is 5.62. The molecule has 2 aromatic rings. The topological polar surface area (TPSA) is 56.4 Å². The number of carbonyl (C=O) groups excluding carboxylic acids is 1. The highest BCUT2D eigenvalue weighted by Crippen LogP contribution is 2.26. The highest BCUT2D eigenvalue weighted by atomic mass is 16.2. The molecule has 1 atom stereocenters. The molecule has 0 saturated carbocycles. The number of nitrogens with zero attached hydrogens (tertiary/aromatic N) is 2. The van der Waals surface area contributed by atoms with E-state index in [-0.39, 0.29) is 11.5 Å². The summed E-state index contributed by atoms with van der Waals surface area (Å²) in [4.78, 5) is 32.7. The molecule has 1 fully saturated rings. The van der Waals surface area contributed by atoms with Gasteiger partial charge in [-0.05, 0) is 42.4 Å². The van der Waals surface area contributed by atoms with Crippen LogP contribution in [0.15, 0.2) is 41.2 Å². The van der Waals surface area contributed by atoms with Crippen molar-refractivity contribution in [2.45, 2.75) is 39.2 Å². The predicted octanol–water partition coefficient (Wildman–Crippen LogP) is 2.85. The Bertz CT molecular complexity index is 882. The van der Waals surface area contributed by atoms with Gasteiger partial charge in [-0.2, -0.15) is 0 Å². The number of hydrogen-bond donors (Lipinski definition) is 1. The molecule has 4 rings (SSSR count). The van der Waals surface area contributed by atoms with Crippen LogP contribution in [0.4, 0.5) is 0 Å². The van der Waals surface area contributed by atoms with Gasteiger partial charge in [0.05, 0.1) is 0 Å². The molecule has 28 heavy (non-hydrogen) atoms. The van der Waals surface area contributed by atoms with Crippen LogP contribution < -0.4 is 5.56 Å². The molecule has 1 unspecified atom stereocenters. The first kappa shape index (κ1) is 18.9. The largest absolute Gasteiger partial charge is 0.336 e. The van der Waals surface area contributed by atoms with Gasteiger partial charge in [0.25, 0.3) is 11.5 Å². The van der Waals surface area contributed by atoms with E-state index in [4.69, 9.17) is 0 Å². The van der Waals surface area contributed by atoms with Crippen LogP contribution in [0.3, 0.4) is 0 Å². The van der Waals surface area contributed by atoms with E-state index in [0.717, 1.165) is 56.6 Å². The van der Waals surface area contributed by atoms with Gasteiger partial charge < -0.3 is 9.88 Å². The molecule has 2 aliphatic rings. The number of aryl methyl sites for hydroxylation is 1. The van der Waals surface area contributed by atoms with E-state index in [1.165, 1.54) is 5.56 Å². The van der Waals surface area contributed by atoms with Crippen molar-refractivity contribution in [3.63, 3.8) is 0 Å². The second kappa shape index (κ2) is 8.31. The molecule has 1 N–H and O–H groups in total. The number of hydrogen-bond acceptors (Lipinski definition) is 3. The number of rotatable bonds is 4. The quantitative estimate of drug-likeness (QED) is 0.889. The number of pyridine rings is 1. The molecule has 2 heterocycles. The average molecular weight is 380 g/mol. The molecule has 0 bridgehead atoms. The highest BCUT2D eigenvalue weighted by molar-refractivity contribution is 5.94. The van der Waals surface area contributed by atoms with E-state index < -0.39 is 0 Å². The zero-order chi connectivity index (χ0) is 19.5. The molecule has 148 valence electrons. The number of amides is 1. The Balaban J connectivity index is 1.42. The summed E-state index contributed by atoms with van der Waals surface area (Å²) < 4.78 is 0. The van der Waals surface area contributed by atoms with Crippen molar-refractivity contribution in [2.24, 2.45) is 5.92 Å². The van der Waals surface area contributed by atoms with Gasteiger partial charge in [-0.15, -0.1) is 0 Å². The zero-order valence-corrected chi connectivity index (χ0v) is 16.6. The Labute approximate surface area is 166 Å². The predicted molar refractivity (Wildman–Crippen MR) is 110 cm³/mol. The van der Waals surface area contributed by atoms with Crippen LogP contribution in [0, 0.1) is 5.92 Å². The van der Waals surface area contributed by atoms with Crippen molar-refractivity contribution in [2.75, 3.05) is 26.2 Å². The molecule has 1 aliphatic heterocycles. The monoisotopic (exact) mass is 379 g/mol. The highest BCUT2D eigenvalue weighted by Gasteiger charge is 2.26. The molecule has 1 amide bonds. The number of nitrogens with one attached hydrogen (secondary N) is 1. The molecule has 5 heteroatoms. The number of fused-ring (bicyclic) bond motifs is 1. The fourth-order valence-electron chi connectivity index (χ4n) is 4.41. The molecule has 1 aliphatic carbocycles. The number of benzene rings is 1. The lowest BCUT2D eigenvalue weighted by molar-refractivity contribution is 0.0626. The summed E-state index contributed by atoms with van der Waals surface area (Å²) in [5, 5.41) is 0. The van der Waals surface area contributed by atoms with Gasteiger partial charge in [-0.1, -0.05) is 43.7 Å². The van der Waals surface area contributed by atoms with E-state index in [0.29, 0.717) is 24.6 Å². The average Bonchev–Trinajstić information content (AvgIpc) is 2.74. The Morgan fingerprint density at radius 3 is 2.61 bits per heavy atom. The zero-order valence-electron chi connectivity index (χ0n) is 16.6. The van der Waals surface area contributed by atoms with Crippen LogP contribution in [0.25, 0.3) is 0 Å². The van der Waals surface area contributed by atoms with E-state index in [2.05, 4.69) is 41.1 Å². The van der Waals surface area contributed by atoms with Gasteiger partial charge >= 0.3 is 0 Å². The molecule has 0 radical (unpaired) electrons. The van der Waals surface area contributed by atoms with Crippen LogP contribution in [-0.4, -0.2) is 46.9 Å². The second-order valence-electron chi connectivity index (χ2n) is 8.09. The van der Waals surface area contributed by atoms with Crippen LogP contribution in [0.5, 0.6) is 0 Å². The van der Waals surface area contributed by atoms with Crippen LogP contribution >= 0.6 is 0 Å². The first-order valence-electron chi connectivity index (χ1n) is 10.4. The van der Waals surface area contributed by atoms with Gasteiger partial charge in [0, 0.05) is 38.4 Å². The Morgan fingerprint density at radius 2 is 1.89 bits per heavy atom. The van der Waals surface area contributed by atoms with Gasteiger partial charge in [-0.3, -0.25) is 14.5 Å². The lowest BCUT2D eigenvalue weighted by Gasteiger charge is -2.34. The number of H-pyrrole nitrogens is 1. The summed E-state index contributed by atoms with van der Waals surface area (Å²) in [6.07, 6.45) is 4.14. The summed E-state index contributed by atoms with van der Waals surface area (Å²) in [7, 11) is 0. The molecule has 1 saturated heterocycles. The Hall–Kier alpha value is -2.40. The van der Waals surface area contributed by atoms with Crippen molar-refractivity contribution in [1.29, 1.82) is 0 Å². The van der Waals surface area contributed by atoms with Gasteiger partial charge in [0.1, 0.15) is 5.56 Å². The lowest BCUT2D eigenvalue weighted by Crippen LogP contribution is -2.49. The van der Waals surface area contributed by atoms with E-state index in [1.807, 2.05) is 17.0 Å². The van der Waals surface area contributed by atoms with Crippen LogP contribution in [-0.2, 0) is 19.4 Å². The molecular weight excluding hydrogens is 350 g/mol. The maximum Gasteiger partial charge on any atom is 0.261 e. The van der Waals surface area contributed by atoms with Crippen LogP contribution in [0.1, 0.15) is 46.9 Å². The number of carbonyl (C=O) groups is 1. The standard InChI is InChI=1S/C23H29N3O2/c1-2-17-8-9-21-19(14-17)15-20(22(27)24-21)23(28)26-12-10-25(11-13-26)16-18-6-4-3-5-7-18/h3-7,15,17H,2,8-14,16H2,1H3,(H,24,27). The van der Waals surface area contributed by atoms with E-state index in [9.17, 15) is 9.59 Å². The minimum Gasteiger partial charge on any atom is -0.336 e. The van der Waals surface area contributed by atoms with Crippen molar-refractivity contribution in [3.8, 4) is 0 Å². The van der Waals surface area contributed by atoms with Crippen molar-refractivity contribution >= 4 is 5.91 Å². The van der Waals surface area contributed by atoms with Gasteiger partial charge in [0.15, 0.2) is 0 Å². The molecule has 0 spiro atoms. The lowest BCUT2D eigenvalue weighted by atomic mass is 9.84. The minimum atomic E-state index is -0.231. The van der Waals surface area contributed by atoms with Crippen molar-refractivity contribution in [1.82, 2.24) is 14.8 Å². The first-order chi connectivity index (χ1) is 13.6. The summed E-state index contributed by atoms with van der Waals surface area (Å²) in [6.45, 7) is 6.12. The third-order valence-electron chi connectivity index (χ3n) is 6.24. The van der Waals surface area contributed by atoms with E-state index in [1.54, 1.807) is 0 Å². The van der Waals surface area contributed by atoms with Crippen molar-refractivity contribution in [3.05, 3.63) is 69.1 Å². The fourth-order valence-corrected chi connectivity index (χ4v) is 4.41. The third-order valence-corrected chi connectivity index (χ3v) is 6.24. The fraction of sp³-hybridized carbons (Fsp3) is 0.478. The summed E-state index contributed by atoms with van der Waals surface area (Å²) in [5.74, 6) is 0.532. The summed E-state index contributed by atoms with van der Waals surface area (Å²) in [5.41, 5.74) is 3.55. The van der Waals surface area contributed by atoms with Gasteiger partial charge in [0.2, 0.25) is 0 Å². The number of piperazine rings is 1. The Morgan fingerprint density at radius 1 is 1.14 bits per heavy atom. The molecule has 5 nitrogen and oxygen atoms in total. The maximum absolute atomic E-state index is 13.0. The minimum absolute atomic E-state index is 0.123. The number of aromatic nitrogens is 1.